The molecule has 0 radical (unpaired) electrons. The monoisotopic (exact) mass is 485 g/mol. The fraction of sp³-hybridized carbons (Fsp3) is 0.130. The van der Waals surface area contributed by atoms with E-state index < -0.39 is 15.9 Å². The van der Waals surface area contributed by atoms with E-state index in [0.29, 0.717) is 22.9 Å². The summed E-state index contributed by atoms with van der Waals surface area (Å²) < 4.78 is 46.0. The van der Waals surface area contributed by atoms with Gasteiger partial charge in [0.1, 0.15) is 11.6 Å². The number of sulfonamides is 1. The molecule has 170 valence electrons. The topological polar surface area (TPSA) is 101 Å². The van der Waals surface area contributed by atoms with Crippen LogP contribution in [0.5, 0.6) is 0 Å². The van der Waals surface area contributed by atoms with Crippen molar-refractivity contribution in [1.29, 1.82) is 0 Å². The molecule has 0 spiro atoms. The Kier molecular flexibility index (Phi) is 6.68. The first-order valence-electron chi connectivity index (χ1n) is 9.93. The highest BCUT2D eigenvalue weighted by atomic mass is 32.2. The molecule has 2 aromatic heterocycles. The van der Waals surface area contributed by atoms with Crippen LogP contribution in [0, 0.1) is 12.7 Å². The summed E-state index contributed by atoms with van der Waals surface area (Å²) >= 11 is 1.30. The summed E-state index contributed by atoms with van der Waals surface area (Å²) in [5.74, 6) is -0.283. The predicted molar refractivity (Wildman–Crippen MR) is 123 cm³/mol. The van der Waals surface area contributed by atoms with E-state index in [1.54, 1.807) is 43.5 Å². The molecule has 0 atom stereocenters. The molecule has 2 aromatic carbocycles. The zero-order chi connectivity index (χ0) is 23.4. The number of anilines is 1. The van der Waals surface area contributed by atoms with Crippen molar-refractivity contribution in [3.63, 3.8) is 0 Å². The molecule has 2 N–H and O–H groups in total. The van der Waals surface area contributed by atoms with Crippen LogP contribution in [-0.4, -0.2) is 19.3 Å². The van der Waals surface area contributed by atoms with Gasteiger partial charge in [-0.05, 0) is 54.4 Å². The Morgan fingerprint density at radius 1 is 1.15 bits per heavy atom. The maximum Gasteiger partial charge on any atom is 0.257 e. The Bertz CT molecular complexity index is 1370. The Morgan fingerprint density at radius 3 is 2.67 bits per heavy atom. The second-order valence-electron chi connectivity index (χ2n) is 7.27. The maximum absolute atomic E-state index is 13.1. The summed E-state index contributed by atoms with van der Waals surface area (Å²) in [6, 6.07) is 13.9. The van der Waals surface area contributed by atoms with Gasteiger partial charge in [0.15, 0.2) is 5.13 Å². The summed E-state index contributed by atoms with van der Waals surface area (Å²) in [5, 5.41) is 3.12. The van der Waals surface area contributed by atoms with E-state index in [2.05, 4.69) is 15.0 Å². The molecular formula is C23H20FN3O4S2. The number of nitrogens with zero attached hydrogens (tertiary/aromatic N) is 1. The first-order valence-corrected chi connectivity index (χ1v) is 12.2. The van der Waals surface area contributed by atoms with Crippen molar-refractivity contribution >= 4 is 32.4 Å². The average Bonchev–Trinajstić information content (AvgIpc) is 3.46. The van der Waals surface area contributed by atoms with E-state index in [9.17, 15) is 17.6 Å². The van der Waals surface area contributed by atoms with Crippen LogP contribution in [0.1, 0.15) is 32.1 Å². The van der Waals surface area contributed by atoms with E-state index in [4.69, 9.17) is 4.42 Å². The van der Waals surface area contributed by atoms with Gasteiger partial charge in [-0.1, -0.05) is 18.2 Å². The number of rotatable bonds is 8. The normalized spacial score (nSPS) is 11.5. The van der Waals surface area contributed by atoms with Crippen molar-refractivity contribution in [3.05, 3.63) is 100 Å². The van der Waals surface area contributed by atoms with Gasteiger partial charge in [-0.3, -0.25) is 10.1 Å². The molecular weight excluding hydrogens is 465 g/mol. The zero-order valence-corrected chi connectivity index (χ0v) is 19.2. The van der Waals surface area contributed by atoms with Crippen LogP contribution in [0.2, 0.25) is 0 Å². The number of carbonyl (C=O) groups excluding carboxylic acids is 1. The van der Waals surface area contributed by atoms with Gasteiger partial charge in [-0.2, -0.15) is 0 Å². The second-order valence-corrected chi connectivity index (χ2v) is 10.2. The molecule has 33 heavy (non-hydrogen) atoms. The zero-order valence-electron chi connectivity index (χ0n) is 17.5. The number of carbonyl (C=O) groups is 1. The summed E-state index contributed by atoms with van der Waals surface area (Å²) in [7, 11) is -3.85. The minimum atomic E-state index is -3.85. The number of aryl methyl sites for hydroxylation is 1. The van der Waals surface area contributed by atoms with Crippen LogP contribution in [0.25, 0.3) is 0 Å². The largest absolute Gasteiger partial charge is 0.468 e. The number of hydrogen-bond acceptors (Lipinski definition) is 6. The average molecular weight is 486 g/mol. The fourth-order valence-corrected chi connectivity index (χ4v) is 4.95. The quantitative estimate of drug-likeness (QED) is 0.383. The van der Waals surface area contributed by atoms with E-state index >= 15 is 0 Å². The fourth-order valence-electron chi connectivity index (χ4n) is 3.09. The minimum Gasteiger partial charge on any atom is -0.468 e. The number of thiazole rings is 1. The molecule has 0 bridgehead atoms. The first kappa shape index (κ1) is 22.8. The van der Waals surface area contributed by atoms with Gasteiger partial charge in [0.2, 0.25) is 10.0 Å². The van der Waals surface area contributed by atoms with Gasteiger partial charge in [-0.15, -0.1) is 11.3 Å². The van der Waals surface area contributed by atoms with Gasteiger partial charge in [-0.25, -0.2) is 22.5 Å². The van der Waals surface area contributed by atoms with Crippen LogP contribution in [0.15, 0.2) is 76.4 Å². The number of halogens is 1. The van der Waals surface area contributed by atoms with E-state index in [-0.39, 0.29) is 22.8 Å². The lowest BCUT2D eigenvalue weighted by molar-refractivity contribution is 0.102. The number of benzene rings is 2. The summed E-state index contributed by atoms with van der Waals surface area (Å²) in [6.07, 6.45) is 3.67. The second kappa shape index (κ2) is 9.65. The standard InChI is InChI=1S/C23H20FN3O4S2/c1-15-4-9-20(33(29,30)26-13-18-3-2-10-31-18)12-21(15)22(28)27-23-25-14-19(32-23)11-16-5-7-17(24)8-6-16/h2-10,12,14,26H,11,13H2,1H3,(H,25,27,28). The van der Waals surface area contributed by atoms with E-state index in [1.807, 2.05) is 0 Å². The number of hydrogen-bond donors (Lipinski definition) is 2. The van der Waals surface area contributed by atoms with Gasteiger partial charge >= 0.3 is 0 Å². The van der Waals surface area contributed by atoms with Crippen molar-refractivity contribution < 1.29 is 22.0 Å². The molecule has 0 fully saturated rings. The van der Waals surface area contributed by atoms with E-state index in [0.717, 1.165) is 10.4 Å². The Balaban J connectivity index is 1.46. The lowest BCUT2D eigenvalue weighted by atomic mass is 10.1. The van der Waals surface area contributed by atoms with Crippen molar-refractivity contribution in [2.45, 2.75) is 24.8 Å². The smallest absolute Gasteiger partial charge is 0.257 e. The van der Waals surface area contributed by atoms with Crippen LogP contribution >= 0.6 is 11.3 Å². The molecule has 0 saturated carbocycles. The molecule has 2 heterocycles. The van der Waals surface area contributed by atoms with Gasteiger partial charge in [0.25, 0.3) is 5.91 Å². The molecule has 1 amide bonds. The van der Waals surface area contributed by atoms with Crippen molar-refractivity contribution in [2.24, 2.45) is 0 Å². The predicted octanol–water partition coefficient (Wildman–Crippen LogP) is 4.51. The lowest BCUT2D eigenvalue weighted by Crippen LogP contribution is -2.24. The molecule has 0 aliphatic heterocycles. The molecule has 0 saturated heterocycles. The lowest BCUT2D eigenvalue weighted by Gasteiger charge is -2.10. The number of aromatic nitrogens is 1. The highest BCUT2D eigenvalue weighted by Crippen LogP contribution is 2.23. The van der Waals surface area contributed by atoms with Crippen molar-refractivity contribution in [3.8, 4) is 0 Å². The molecule has 4 rings (SSSR count). The first-order chi connectivity index (χ1) is 15.8. The van der Waals surface area contributed by atoms with Gasteiger partial charge in [0.05, 0.1) is 17.7 Å². The Morgan fingerprint density at radius 2 is 1.94 bits per heavy atom. The van der Waals surface area contributed by atoms with E-state index in [1.165, 1.54) is 41.9 Å². The molecule has 0 aliphatic carbocycles. The molecule has 0 unspecified atom stereocenters. The van der Waals surface area contributed by atoms with Crippen LogP contribution in [-0.2, 0) is 23.0 Å². The molecule has 7 nitrogen and oxygen atoms in total. The number of nitrogens with one attached hydrogen (secondary N) is 2. The van der Waals surface area contributed by atoms with Crippen molar-refractivity contribution in [1.82, 2.24) is 9.71 Å². The SMILES string of the molecule is Cc1ccc(S(=O)(=O)NCc2ccco2)cc1C(=O)Nc1ncc(Cc2ccc(F)cc2)s1. The highest BCUT2D eigenvalue weighted by Gasteiger charge is 2.19. The summed E-state index contributed by atoms with van der Waals surface area (Å²) in [5.41, 5.74) is 1.78. The molecule has 4 aromatic rings. The third-order valence-electron chi connectivity index (χ3n) is 4.85. The summed E-state index contributed by atoms with van der Waals surface area (Å²) in [6.45, 7) is 1.73. The third kappa shape index (κ3) is 5.72. The molecule has 10 heteroatoms. The van der Waals surface area contributed by atoms with Crippen LogP contribution in [0.4, 0.5) is 9.52 Å². The number of furan rings is 1. The minimum absolute atomic E-state index is 0.000682. The summed E-state index contributed by atoms with van der Waals surface area (Å²) in [4.78, 5) is 17.9. The van der Waals surface area contributed by atoms with Gasteiger partial charge in [0, 0.05) is 23.1 Å². The Labute approximate surface area is 194 Å². The maximum atomic E-state index is 13.1. The molecule has 0 aliphatic rings. The van der Waals surface area contributed by atoms with Crippen LogP contribution < -0.4 is 10.0 Å². The number of amides is 1. The van der Waals surface area contributed by atoms with Crippen LogP contribution in [0.3, 0.4) is 0 Å². The van der Waals surface area contributed by atoms with Crippen molar-refractivity contribution in [2.75, 3.05) is 5.32 Å². The third-order valence-corrected chi connectivity index (χ3v) is 7.16. The Hall–Kier alpha value is -3.34. The highest BCUT2D eigenvalue weighted by molar-refractivity contribution is 7.89. The van der Waals surface area contributed by atoms with Gasteiger partial charge < -0.3 is 4.42 Å².